The van der Waals surface area contributed by atoms with Crippen molar-refractivity contribution in [1.29, 1.82) is 0 Å². The Kier molecular flexibility index (Phi) is 4.08. The highest BCUT2D eigenvalue weighted by molar-refractivity contribution is 5.23. The molecule has 1 heterocycles. The van der Waals surface area contributed by atoms with Gasteiger partial charge in [0, 0.05) is 19.0 Å². The van der Waals surface area contributed by atoms with E-state index in [1.54, 1.807) is 0 Å². The monoisotopic (exact) mass is 195 g/mol. The van der Waals surface area contributed by atoms with Crippen LogP contribution < -0.4 is 0 Å². The summed E-state index contributed by atoms with van der Waals surface area (Å²) in [5.41, 5.74) is 1.26. The molecule has 1 fully saturated rings. The van der Waals surface area contributed by atoms with Crippen LogP contribution in [0.1, 0.15) is 25.3 Å². The van der Waals surface area contributed by atoms with Crippen molar-refractivity contribution in [3.63, 3.8) is 0 Å². The molecule has 1 saturated heterocycles. The van der Waals surface area contributed by atoms with Crippen molar-refractivity contribution in [2.24, 2.45) is 0 Å². The van der Waals surface area contributed by atoms with Gasteiger partial charge in [0.1, 0.15) is 5.82 Å². The molecule has 1 aromatic carbocycles. The molecule has 0 radical (unpaired) electrons. The smallest absolute Gasteiger partial charge is 0.123 e. The second-order valence-electron chi connectivity index (χ2n) is 3.47. The van der Waals surface area contributed by atoms with Gasteiger partial charge in [-0.05, 0) is 24.7 Å². The molecule has 78 valence electrons. The molecule has 1 aromatic rings. The zero-order valence-corrected chi connectivity index (χ0v) is 9.13. The lowest BCUT2D eigenvalue weighted by Gasteiger charge is -2.36. The van der Waals surface area contributed by atoms with Crippen molar-refractivity contribution in [2.45, 2.75) is 19.8 Å². The van der Waals surface area contributed by atoms with Crippen LogP contribution in [-0.2, 0) is 0 Å². The summed E-state index contributed by atoms with van der Waals surface area (Å²) in [6.07, 6.45) is 0. The van der Waals surface area contributed by atoms with E-state index in [2.05, 4.69) is 11.9 Å². The highest BCUT2D eigenvalue weighted by Gasteiger charge is 2.24. The standard InChI is InChI=1S/C10H12FN.C2H6/c1-12-6-9(7-12)8-2-4-10(11)5-3-8;1-2/h2-5,9H,6-7H2,1H3;1-2H3. The number of benzene rings is 1. The molecule has 0 saturated carbocycles. The second kappa shape index (κ2) is 5.11. The second-order valence-corrected chi connectivity index (χ2v) is 3.47. The van der Waals surface area contributed by atoms with E-state index in [1.807, 2.05) is 26.0 Å². The first kappa shape index (κ1) is 11.2. The molecule has 1 aliphatic heterocycles. The molecule has 0 N–H and O–H groups in total. The Morgan fingerprint density at radius 2 is 1.64 bits per heavy atom. The fraction of sp³-hybridized carbons (Fsp3) is 0.500. The Morgan fingerprint density at radius 1 is 1.14 bits per heavy atom. The SMILES string of the molecule is CC.CN1CC(c2ccc(F)cc2)C1. The van der Waals surface area contributed by atoms with Gasteiger partial charge in [0.05, 0.1) is 0 Å². The van der Waals surface area contributed by atoms with Gasteiger partial charge in [-0.1, -0.05) is 26.0 Å². The quantitative estimate of drug-likeness (QED) is 0.666. The Hall–Kier alpha value is -0.890. The predicted octanol–water partition coefficient (Wildman–Crippen LogP) is 2.88. The van der Waals surface area contributed by atoms with Crippen LogP contribution in [0.5, 0.6) is 0 Å². The Bertz CT molecular complexity index is 262. The van der Waals surface area contributed by atoms with Gasteiger partial charge in [-0.25, -0.2) is 4.39 Å². The number of likely N-dealkylation sites (tertiary alicyclic amines) is 1. The largest absolute Gasteiger partial charge is 0.305 e. The molecule has 0 amide bonds. The average Bonchev–Trinajstić information content (AvgIpc) is 2.18. The summed E-state index contributed by atoms with van der Waals surface area (Å²) in [5.74, 6) is 0.474. The summed E-state index contributed by atoms with van der Waals surface area (Å²) in [6.45, 7) is 6.21. The van der Waals surface area contributed by atoms with Crippen LogP contribution in [0.2, 0.25) is 0 Å². The molecule has 0 unspecified atom stereocenters. The van der Waals surface area contributed by atoms with Gasteiger partial charge < -0.3 is 4.90 Å². The van der Waals surface area contributed by atoms with Gasteiger partial charge in [-0.2, -0.15) is 0 Å². The first-order valence-corrected chi connectivity index (χ1v) is 5.20. The maximum Gasteiger partial charge on any atom is 0.123 e. The first-order chi connectivity index (χ1) is 6.75. The zero-order chi connectivity index (χ0) is 10.6. The lowest BCUT2D eigenvalue weighted by atomic mass is 9.92. The lowest BCUT2D eigenvalue weighted by Crippen LogP contribution is -2.41. The predicted molar refractivity (Wildman–Crippen MR) is 58.0 cm³/mol. The van der Waals surface area contributed by atoms with Crippen molar-refractivity contribution < 1.29 is 4.39 Å². The van der Waals surface area contributed by atoms with Crippen LogP contribution in [0.3, 0.4) is 0 Å². The van der Waals surface area contributed by atoms with Crippen molar-refractivity contribution in [3.05, 3.63) is 35.6 Å². The van der Waals surface area contributed by atoms with E-state index < -0.39 is 0 Å². The summed E-state index contributed by atoms with van der Waals surface area (Å²) in [5, 5.41) is 0. The summed E-state index contributed by atoms with van der Waals surface area (Å²) >= 11 is 0. The van der Waals surface area contributed by atoms with Crippen LogP contribution in [0.4, 0.5) is 4.39 Å². The normalized spacial score (nSPS) is 16.9. The van der Waals surface area contributed by atoms with E-state index in [1.165, 1.54) is 17.7 Å². The number of likely N-dealkylation sites (N-methyl/N-ethyl adjacent to an activating group) is 1. The van der Waals surface area contributed by atoms with Crippen LogP contribution in [-0.4, -0.2) is 25.0 Å². The summed E-state index contributed by atoms with van der Waals surface area (Å²) < 4.78 is 12.5. The molecule has 2 heteroatoms. The van der Waals surface area contributed by atoms with Crippen LogP contribution >= 0.6 is 0 Å². The van der Waals surface area contributed by atoms with Gasteiger partial charge in [-0.15, -0.1) is 0 Å². The molecule has 0 atom stereocenters. The third kappa shape index (κ3) is 2.55. The highest BCUT2D eigenvalue weighted by atomic mass is 19.1. The van der Waals surface area contributed by atoms with Gasteiger partial charge >= 0.3 is 0 Å². The Balaban J connectivity index is 0.000000461. The molecule has 0 bridgehead atoms. The van der Waals surface area contributed by atoms with Gasteiger partial charge in [0.2, 0.25) is 0 Å². The minimum atomic E-state index is -0.147. The molecular weight excluding hydrogens is 177 g/mol. The fourth-order valence-corrected chi connectivity index (χ4v) is 1.64. The van der Waals surface area contributed by atoms with Crippen molar-refractivity contribution >= 4 is 0 Å². The number of rotatable bonds is 1. The molecule has 1 aliphatic rings. The van der Waals surface area contributed by atoms with Crippen LogP contribution in [0.25, 0.3) is 0 Å². The third-order valence-corrected chi connectivity index (χ3v) is 2.41. The maximum absolute atomic E-state index is 12.5. The van der Waals surface area contributed by atoms with E-state index in [4.69, 9.17) is 0 Å². The number of hydrogen-bond acceptors (Lipinski definition) is 1. The Morgan fingerprint density at radius 3 is 2.07 bits per heavy atom. The maximum atomic E-state index is 12.5. The van der Waals surface area contributed by atoms with Crippen molar-refractivity contribution in [1.82, 2.24) is 4.90 Å². The topological polar surface area (TPSA) is 3.24 Å². The van der Waals surface area contributed by atoms with E-state index >= 15 is 0 Å². The summed E-state index contributed by atoms with van der Waals surface area (Å²) in [6, 6.07) is 6.83. The minimum absolute atomic E-state index is 0.147. The highest BCUT2D eigenvalue weighted by Crippen LogP contribution is 2.25. The number of nitrogens with zero attached hydrogens (tertiary/aromatic N) is 1. The number of halogens is 1. The fourth-order valence-electron chi connectivity index (χ4n) is 1.64. The average molecular weight is 195 g/mol. The lowest BCUT2D eigenvalue weighted by molar-refractivity contribution is 0.189. The molecule has 0 spiro atoms. The zero-order valence-electron chi connectivity index (χ0n) is 9.13. The Labute approximate surface area is 85.5 Å². The van der Waals surface area contributed by atoms with E-state index in [0.29, 0.717) is 5.92 Å². The van der Waals surface area contributed by atoms with Crippen molar-refractivity contribution in [2.75, 3.05) is 20.1 Å². The molecule has 14 heavy (non-hydrogen) atoms. The molecule has 0 aliphatic carbocycles. The molecule has 2 rings (SSSR count). The van der Waals surface area contributed by atoms with E-state index in [0.717, 1.165) is 13.1 Å². The summed E-state index contributed by atoms with van der Waals surface area (Å²) in [4.78, 5) is 2.26. The molecular formula is C12H18FN. The third-order valence-electron chi connectivity index (χ3n) is 2.41. The van der Waals surface area contributed by atoms with Gasteiger partial charge in [0.15, 0.2) is 0 Å². The molecule has 0 aromatic heterocycles. The van der Waals surface area contributed by atoms with E-state index in [9.17, 15) is 4.39 Å². The van der Waals surface area contributed by atoms with Gasteiger partial charge in [0.25, 0.3) is 0 Å². The first-order valence-electron chi connectivity index (χ1n) is 5.20. The van der Waals surface area contributed by atoms with Crippen molar-refractivity contribution in [3.8, 4) is 0 Å². The van der Waals surface area contributed by atoms with Gasteiger partial charge in [-0.3, -0.25) is 0 Å². The summed E-state index contributed by atoms with van der Waals surface area (Å²) in [7, 11) is 2.10. The molecule has 1 nitrogen and oxygen atoms in total. The minimum Gasteiger partial charge on any atom is -0.305 e. The number of hydrogen-bond donors (Lipinski definition) is 0. The van der Waals surface area contributed by atoms with Crippen LogP contribution in [0, 0.1) is 5.82 Å². The van der Waals surface area contributed by atoms with Crippen LogP contribution in [0.15, 0.2) is 24.3 Å². The van der Waals surface area contributed by atoms with E-state index in [-0.39, 0.29) is 5.82 Å².